The second-order valence-corrected chi connectivity index (χ2v) is 2.98. The molecule has 0 aromatic heterocycles. The monoisotopic (exact) mass is 250 g/mol. The van der Waals surface area contributed by atoms with Gasteiger partial charge in [-0.3, -0.25) is 0 Å². The molecule has 0 saturated heterocycles. The third-order valence-electron chi connectivity index (χ3n) is 1.37. The van der Waals surface area contributed by atoms with E-state index in [1.165, 1.54) is 12.1 Å². The van der Waals surface area contributed by atoms with E-state index in [9.17, 15) is 13.2 Å². The molecule has 0 unspecified atom stereocenters. The van der Waals surface area contributed by atoms with E-state index in [0.717, 1.165) is 0 Å². The predicted octanol–water partition coefficient (Wildman–Crippen LogP) is 2.25. The van der Waals surface area contributed by atoms with E-state index >= 15 is 0 Å². The molecule has 1 aromatic rings. The zero-order valence-electron chi connectivity index (χ0n) is 6.51. The summed E-state index contributed by atoms with van der Waals surface area (Å²) in [6.45, 7) is 0. The van der Waals surface area contributed by atoms with Crippen LogP contribution in [0.5, 0.6) is 5.75 Å². The molecule has 0 aliphatic rings. The van der Waals surface area contributed by atoms with Gasteiger partial charge in [-0.05, 0) is 0 Å². The molecule has 0 heterocycles. The van der Waals surface area contributed by atoms with Crippen LogP contribution in [0, 0.1) is 0 Å². The van der Waals surface area contributed by atoms with Crippen molar-refractivity contribution in [3.8, 4) is 5.75 Å². The fourth-order valence-corrected chi connectivity index (χ4v) is 1.41. The van der Waals surface area contributed by atoms with E-state index in [2.05, 4.69) is 21.6 Å². The van der Waals surface area contributed by atoms with Gasteiger partial charge in [0.1, 0.15) is 0 Å². The summed E-state index contributed by atoms with van der Waals surface area (Å²) >= 11 is 2.21. The summed E-state index contributed by atoms with van der Waals surface area (Å²) in [7, 11) is 0. The van der Waals surface area contributed by atoms with Crippen molar-refractivity contribution in [1.82, 2.24) is 0 Å². The average Bonchev–Trinajstić information content (AvgIpc) is 2.02. The van der Waals surface area contributed by atoms with Gasteiger partial charge in [0.25, 0.3) is 0 Å². The van der Waals surface area contributed by atoms with E-state index in [4.69, 9.17) is 0 Å². The standard InChI is InChI=1S/C8H6AsF3O/c9-5-6-3-1-2-4-7(6)13-8(10,11)12/h1-4H,5H2. The summed E-state index contributed by atoms with van der Waals surface area (Å²) in [4.78, 5) is 0. The number of ether oxygens (including phenoxy) is 1. The van der Waals surface area contributed by atoms with Crippen LogP contribution < -0.4 is 4.74 Å². The van der Waals surface area contributed by atoms with E-state index in [1.807, 2.05) is 0 Å². The van der Waals surface area contributed by atoms with Crippen molar-refractivity contribution in [2.24, 2.45) is 0 Å². The second-order valence-electron chi connectivity index (χ2n) is 2.31. The van der Waals surface area contributed by atoms with Gasteiger partial charge >= 0.3 is 81.9 Å². The molecule has 0 saturated carbocycles. The molecule has 0 atom stereocenters. The molecular formula is C8H6AsF3O. The number of para-hydroxylation sites is 1. The molecule has 0 bridgehead atoms. The van der Waals surface area contributed by atoms with Gasteiger partial charge in [0, 0.05) is 0 Å². The van der Waals surface area contributed by atoms with Crippen molar-refractivity contribution in [3.05, 3.63) is 29.8 Å². The molecule has 0 aliphatic heterocycles. The van der Waals surface area contributed by atoms with Crippen LogP contribution in [0.4, 0.5) is 13.2 Å². The number of alkyl halides is 3. The summed E-state index contributed by atoms with van der Waals surface area (Å²) in [5.74, 6) is -0.129. The number of rotatable bonds is 2. The van der Waals surface area contributed by atoms with E-state index < -0.39 is 6.36 Å². The van der Waals surface area contributed by atoms with E-state index in [1.54, 1.807) is 12.1 Å². The van der Waals surface area contributed by atoms with Gasteiger partial charge in [-0.25, -0.2) is 0 Å². The van der Waals surface area contributed by atoms with Crippen molar-refractivity contribution in [2.45, 2.75) is 11.6 Å². The Kier molecular flexibility index (Phi) is 3.26. The Labute approximate surface area is 82.4 Å². The fourth-order valence-electron chi connectivity index (χ4n) is 0.859. The Morgan fingerprint density at radius 3 is 2.38 bits per heavy atom. The van der Waals surface area contributed by atoms with Gasteiger partial charge in [-0.1, -0.05) is 0 Å². The van der Waals surface area contributed by atoms with Crippen LogP contribution in [0.2, 0.25) is 0 Å². The number of hydrogen-bond acceptors (Lipinski definition) is 1. The molecule has 1 rings (SSSR count). The van der Waals surface area contributed by atoms with Gasteiger partial charge in [0.2, 0.25) is 0 Å². The molecule has 13 heavy (non-hydrogen) atoms. The van der Waals surface area contributed by atoms with Crippen LogP contribution >= 0.6 is 0 Å². The normalized spacial score (nSPS) is 11.4. The molecule has 0 aliphatic carbocycles. The van der Waals surface area contributed by atoms with Crippen LogP contribution in [-0.4, -0.2) is 23.2 Å². The summed E-state index contributed by atoms with van der Waals surface area (Å²) in [6, 6.07) is 6.08. The number of hydrogen-bond donors (Lipinski definition) is 0. The Bertz CT molecular complexity index is 285. The van der Waals surface area contributed by atoms with Crippen molar-refractivity contribution in [2.75, 3.05) is 0 Å². The van der Waals surface area contributed by atoms with Gasteiger partial charge in [-0.15, -0.1) is 0 Å². The number of halogens is 3. The first kappa shape index (κ1) is 10.4. The topological polar surface area (TPSA) is 9.23 Å². The van der Waals surface area contributed by atoms with Crippen molar-refractivity contribution < 1.29 is 17.9 Å². The maximum absolute atomic E-state index is 11.8. The Balaban J connectivity index is 2.87. The van der Waals surface area contributed by atoms with Crippen molar-refractivity contribution in [3.63, 3.8) is 0 Å². The van der Waals surface area contributed by atoms with Crippen molar-refractivity contribution >= 4 is 16.9 Å². The SMILES string of the molecule is FC(F)(F)Oc1ccccc1C[As]. The van der Waals surface area contributed by atoms with Crippen LogP contribution in [0.15, 0.2) is 24.3 Å². The average molecular weight is 250 g/mol. The molecule has 0 amide bonds. The first-order valence-electron chi connectivity index (χ1n) is 3.47. The third kappa shape index (κ3) is 3.31. The quantitative estimate of drug-likeness (QED) is 0.731. The zero-order valence-corrected chi connectivity index (χ0v) is 8.38. The Morgan fingerprint density at radius 2 is 1.85 bits per heavy atom. The molecular weight excluding hydrogens is 244 g/mol. The zero-order chi connectivity index (χ0) is 9.90. The second kappa shape index (κ2) is 4.05. The van der Waals surface area contributed by atoms with Crippen LogP contribution in [-0.2, 0) is 5.21 Å². The first-order valence-corrected chi connectivity index (χ1v) is 4.80. The van der Waals surface area contributed by atoms with E-state index in [-0.39, 0.29) is 5.75 Å². The summed E-state index contributed by atoms with van der Waals surface area (Å²) in [5, 5.41) is 0.458. The molecule has 0 N–H and O–H groups in total. The molecule has 2 radical (unpaired) electrons. The predicted molar refractivity (Wildman–Crippen MR) is 42.6 cm³/mol. The molecule has 70 valence electrons. The molecule has 0 spiro atoms. The summed E-state index contributed by atoms with van der Waals surface area (Å²) in [5.41, 5.74) is 0.528. The van der Waals surface area contributed by atoms with Crippen molar-refractivity contribution in [1.29, 1.82) is 0 Å². The molecule has 0 fully saturated rings. The third-order valence-corrected chi connectivity index (χ3v) is 2.08. The van der Waals surface area contributed by atoms with Gasteiger partial charge in [-0.2, -0.15) is 0 Å². The maximum atomic E-state index is 11.8. The van der Waals surface area contributed by atoms with Crippen LogP contribution in [0.25, 0.3) is 0 Å². The number of benzene rings is 1. The van der Waals surface area contributed by atoms with Crippen LogP contribution in [0.3, 0.4) is 0 Å². The summed E-state index contributed by atoms with van der Waals surface area (Å²) in [6.07, 6.45) is -4.61. The van der Waals surface area contributed by atoms with Gasteiger partial charge in [0.05, 0.1) is 0 Å². The van der Waals surface area contributed by atoms with Crippen LogP contribution in [0.1, 0.15) is 5.56 Å². The minimum absolute atomic E-state index is 0.129. The fraction of sp³-hybridized carbons (Fsp3) is 0.250. The Morgan fingerprint density at radius 1 is 1.23 bits per heavy atom. The molecule has 1 nitrogen and oxygen atoms in total. The molecule has 1 aromatic carbocycles. The van der Waals surface area contributed by atoms with E-state index in [0.29, 0.717) is 10.8 Å². The Hall–Kier alpha value is -0.632. The van der Waals surface area contributed by atoms with Gasteiger partial charge < -0.3 is 0 Å². The minimum atomic E-state index is -4.61. The molecule has 5 heteroatoms. The first-order chi connectivity index (χ1) is 6.03. The van der Waals surface area contributed by atoms with Gasteiger partial charge in [0.15, 0.2) is 0 Å². The summed E-state index contributed by atoms with van der Waals surface area (Å²) < 4.78 is 39.3.